The molecule has 17 heavy (non-hydrogen) atoms. The van der Waals surface area contributed by atoms with Crippen LogP contribution in [0.5, 0.6) is 0 Å². The van der Waals surface area contributed by atoms with Crippen molar-refractivity contribution >= 4 is 6.09 Å². The lowest BCUT2D eigenvalue weighted by molar-refractivity contribution is 0.157. The van der Waals surface area contributed by atoms with Crippen molar-refractivity contribution in [3.8, 4) is 0 Å². The van der Waals surface area contributed by atoms with E-state index in [1.807, 2.05) is 0 Å². The molecule has 3 nitrogen and oxygen atoms in total. The number of hydrogen-bond acceptors (Lipinski definition) is 2. The van der Waals surface area contributed by atoms with Gasteiger partial charge in [0.15, 0.2) is 0 Å². The SMILES string of the molecule is CC(C)(C)c1cccc(CN2CCOC2=O)c1. The van der Waals surface area contributed by atoms with Gasteiger partial charge in [0.25, 0.3) is 0 Å². The first-order valence-corrected chi connectivity index (χ1v) is 5.98. The van der Waals surface area contributed by atoms with Crippen molar-refractivity contribution in [1.29, 1.82) is 0 Å². The number of amides is 1. The van der Waals surface area contributed by atoms with Crippen LogP contribution in [0, 0.1) is 0 Å². The van der Waals surface area contributed by atoms with E-state index in [1.165, 1.54) is 5.56 Å². The van der Waals surface area contributed by atoms with Crippen molar-refractivity contribution in [2.24, 2.45) is 0 Å². The van der Waals surface area contributed by atoms with Crippen LogP contribution in [0.15, 0.2) is 24.3 Å². The average molecular weight is 233 g/mol. The molecule has 1 aliphatic rings. The van der Waals surface area contributed by atoms with Gasteiger partial charge in [-0.3, -0.25) is 0 Å². The van der Waals surface area contributed by atoms with Crippen LogP contribution in [0.4, 0.5) is 4.79 Å². The molecule has 1 aromatic rings. The van der Waals surface area contributed by atoms with Gasteiger partial charge >= 0.3 is 6.09 Å². The van der Waals surface area contributed by atoms with Crippen molar-refractivity contribution in [2.75, 3.05) is 13.2 Å². The third kappa shape index (κ3) is 2.78. The highest BCUT2D eigenvalue weighted by molar-refractivity contribution is 5.69. The minimum Gasteiger partial charge on any atom is -0.448 e. The van der Waals surface area contributed by atoms with Gasteiger partial charge in [-0.15, -0.1) is 0 Å². The molecule has 0 spiro atoms. The lowest BCUT2D eigenvalue weighted by atomic mass is 9.86. The Bertz CT molecular complexity index is 420. The summed E-state index contributed by atoms with van der Waals surface area (Å²) >= 11 is 0. The number of ether oxygens (including phenoxy) is 1. The number of rotatable bonds is 2. The summed E-state index contributed by atoms with van der Waals surface area (Å²) in [6, 6.07) is 8.41. The maximum Gasteiger partial charge on any atom is 0.410 e. The maximum atomic E-state index is 11.4. The van der Waals surface area contributed by atoms with Crippen LogP contribution in [0.25, 0.3) is 0 Å². The molecule has 1 amide bonds. The molecule has 0 radical (unpaired) electrons. The van der Waals surface area contributed by atoms with Crippen molar-refractivity contribution in [3.63, 3.8) is 0 Å². The molecule has 1 saturated heterocycles. The summed E-state index contributed by atoms with van der Waals surface area (Å²) in [5.74, 6) is 0. The van der Waals surface area contributed by atoms with Crippen LogP contribution in [0.2, 0.25) is 0 Å². The number of benzene rings is 1. The van der Waals surface area contributed by atoms with Crippen LogP contribution in [-0.2, 0) is 16.7 Å². The van der Waals surface area contributed by atoms with E-state index in [0.29, 0.717) is 19.7 Å². The number of carbonyl (C=O) groups is 1. The Labute approximate surface area is 102 Å². The largest absolute Gasteiger partial charge is 0.448 e. The van der Waals surface area contributed by atoms with Gasteiger partial charge in [0.05, 0.1) is 6.54 Å². The van der Waals surface area contributed by atoms with Crippen LogP contribution in [0.3, 0.4) is 0 Å². The first-order valence-electron chi connectivity index (χ1n) is 5.98. The van der Waals surface area contributed by atoms with E-state index in [-0.39, 0.29) is 11.5 Å². The lowest BCUT2D eigenvalue weighted by Crippen LogP contribution is -2.23. The summed E-state index contributed by atoms with van der Waals surface area (Å²) in [6.07, 6.45) is -0.203. The second-order valence-electron chi connectivity index (χ2n) is 5.49. The Hall–Kier alpha value is -1.51. The zero-order valence-electron chi connectivity index (χ0n) is 10.7. The molecule has 3 heteroatoms. The Morgan fingerprint density at radius 3 is 2.71 bits per heavy atom. The van der Waals surface area contributed by atoms with E-state index in [0.717, 1.165) is 5.56 Å². The van der Waals surface area contributed by atoms with Gasteiger partial charge in [0.1, 0.15) is 6.61 Å². The van der Waals surface area contributed by atoms with Crippen LogP contribution in [0.1, 0.15) is 31.9 Å². The Balaban J connectivity index is 2.14. The minimum absolute atomic E-state index is 0.140. The highest BCUT2D eigenvalue weighted by Gasteiger charge is 2.22. The molecule has 0 unspecified atom stereocenters. The Morgan fingerprint density at radius 2 is 2.12 bits per heavy atom. The molecule has 0 aliphatic carbocycles. The quantitative estimate of drug-likeness (QED) is 0.786. The van der Waals surface area contributed by atoms with Crippen molar-refractivity contribution < 1.29 is 9.53 Å². The van der Waals surface area contributed by atoms with Gasteiger partial charge in [-0.2, -0.15) is 0 Å². The predicted octanol–water partition coefficient (Wildman–Crippen LogP) is 2.94. The predicted molar refractivity (Wildman–Crippen MR) is 66.9 cm³/mol. The summed E-state index contributed by atoms with van der Waals surface area (Å²) in [7, 11) is 0. The molecule has 0 aromatic heterocycles. The van der Waals surface area contributed by atoms with Crippen LogP contribution in [-0.4, -0.2) is 24.1 Å². The van der Waals surface area contributed by atoms with Crippen LogP contribution < -0.4 is 0 Å². The molecule has 0 N–H and O–H groups in total. The van der Waals surface area contributed by atoms with Crippen molar-refractivity contribution in [2.45, 2.75) is 32.7 Å². The van der Waals surface area contributed by atoms with Crippen molar-refractivity contribution in [1.82, 2.24) is 4.90 Å². The molecule has 0 atom stereocenters. The van der Waals surface area contributed by atoms with Gasteiger partial charge in [0, 0.05) is 6.54 Å². The zero-order chi connectivity index (χ0) is 12.5. The van der Waals surface area contributed by atoms with E-state index in [9.17, 15) is 4.79 Å². The second kappa shape index (κ2) is 4.40. The molecule has 1 fully saturated rings. The molecule has 1 aliphatic heterocycles. The minimum atomic E-state index is -0.203. The molecule has 2 rings (SSSR count). The average Bonchev–Trinajstić information content (AvgIpc) is 2.64. The van der Waals surface area contributed by atoms with Gasteiger partial charge in [-0.05, 0) is 16.5 Å². The molecule has 0 saturated carbocycles. The molecule has 92 valence electrons. The molecule has 1 aromatic carbocycles. The monoisotopic (exact) mass is 233 g/mol. The van der Waals surface area contributed by atoms with E-state index in [4.69, 9.17) is 4.74 Å². The van der Waals surface area contributed by atoms with Crippen molar-refractivity contribution in [3.05, 3.63) is 35.4 Å². The van der Waals surface area contributed by atoms with E-state index >= 15 is 0 Å². The topological polar surface area (TPSA) is 29.5 Å². The fraction of sp³-hybridized carbons (Fsp3) is 0.500. The number of hydrogen-bond donors (Lipinski definition) is 0. The summed E-state index contributed by atoms with van der Waals surface area (Å²) in [4.78, 5) is 13.1. The van der Waals surface area contributed by atoms with Gasteiger partial charge in [-0.25, -0.2) is 4.79 Å². The smallest absolute Gasteiger partial charge is 0.410 e. The third-order valence-electron chi connectivity index (χ3n) is 3.01. The zero-order valence-corrected chi connectivity index (χ0v) is 10.7. The highest BCUT2D eigenvalue weighted by Crippen LogP contribution is 2.23. The standard InChI is InChI=1S/C14H19NO2/c1-14(2,3)12-6-4-5-11(9-12)10-15-7-8-17-13(15)16/h4-6,9H,7-8,10H2,1-3H3. The normalized spacial score (nSPS) is 16.2. The second-order valence-corrected chi connectivity index (χ2v) is 5.49. The Kier molecular flexibility index (Phi) is 3.09. The van der Waals surface area contributed by atoms with Gasteiger partial charge in [0.2, 0.25) is 0 Å². The number of carbonyl (C=O) groups excluding carboxylic acids is 1. The highest BCUT2D eigenvalue weighted by atomic mass is 16.6. The number of nitrogens with zero attached hydrogens (tertiary/aromatic N) is 1. The molecule has 0 bridgehead atoms. The molecule has 1 heterocycles. The lowest BCUT2D eigenvalue weighted by Gasteiger charge is -2.20. The fourth-order valence-corrected chi connectivity index (χ4v) is 1.93. The summed E-state index contributed by atoms with van der Waals surface area (Å²) in [5, 5.41) is 0. The molecular weight excluding hydrogens is 214 g/mol. The first-order chi connectivity index (χ1) is 7.97. The number of cyclic esters (lactones) is 1. The van der Waals surface area contributed by atoms with Gasteiger partial charge in [-0.1, -0.05) is 45.0 Å². The summed E-state index contributed by atoms with van der Waals surface area (Å²) < 4.78 is 4.92. The van der Waals surface area contributed by atoms with E-state index in [1.54, 1.807) is 4.90 Å². The Morgan fingerprint density at radius 1 is 1.35 bits per heavy atom. The van der Waals surface area contributed by atoms with E-state index < -0.39 is 0 Å². The third-order valence-corrected chi connectivity index (χ3v) is 3.01. The molecular formula is C14H19NO2. The first kappa shape index (κ1) is 12.0. The van der Waals surface area contributed by atoms with Crippen LogP contribution >= 0.6 is 0 Å². The summed E-state index contributed by atoms with van der Waals surface area (Å²) in [6.45, 7) is 8.42. The van der Waals surface area contributed by atoms with Gasteiger partial charge < -0.3 is 9.64 Å². The fourth-order valence-electron chi connectivity index (χ4n) is 1.93. The van der Waals surface area contributed by atoms with E-state index in [2.05, 4.69) is 45.0 Å². The summed E-state index contributed by atoms with van der Waals surface area (Å²) in [5.41, 5.74) is 2.60. The maximum absolute atomic E-state index is 11.4.